The van der Waals surface area contributed by atoms with Crippen molar-refractivity contribution in [3.63, 3.8) is 0 Å². The highest BCUT2D eigenvalue weighted by atomic mass is 16.5. The van der Waals surface area contributed by atoms with Crippen molar-refractivity contribution in [2.45, 2.75) is 56.6 Å². The second-order valence-electron chi connectivity index (χ2n) is 6.90. The summed E-state index contributed by atoms with van der Waals surface area (Å²) in [7, 11) is 0. The van der Waals surface area contributed by atoms with Crippen LogP contribution in [0.15, 0.2) is 4.52 Å². The number of piperidine rings is 1. The van der Waals surface area contributed by atoms with Gasteiger partial charge in [0, 0.05) is 31.5 Å². The predicted octanol–water partition coefficient (Wildman–Crippen LogP) is 1.03. The smallest absolute Gasteiger partial charge is 0.242 e. The van der Waals surface area contributed by atoms with Crippen molar-refractivity contribution < 1.29 is 14.1 Å². The van der Waals surface area contributed by atoms with E-state index >= 15 is 0 Å². The monoisotopic (exact) mass is 320 g/mol. The summed E-state index contributed by atoms with van der Waals surface area (Å²) >= 11 is 0. The fourth-order valence-electron chi connectivity index (χ4n) is 3.50. The van der Waals surface area contributed by atoms with Gasteiger partial charge in [0.1, 0.15) is 6.04 Å². The minimum atomic E-state index is -0.241. The first-order valence-electron chi connectivity index (χ1n) is 8.69. The highest BCUT2D eigenvalue weighted by Gasteiger charge is 2.36. The third kappa shape index (κ3) is 3.12. The summed E-state index contributed by atoms with van der Waals surface area (Å²) in [4.78, 5) is 19.3. The lowest BCUT2D eigenvalue weighted by molar-refractivity contribution is -0.140. The number of ether oxygens (including phenoxy) is 1. The van der Waals surface area contributed by atoms with Crippen LogP contribution in [0.2, 0.25) is 0 Å². The van der Waals surface area contributed by atoms with E-state index in [9.17, 15) is 4.79 Å². The third-order valence-corrected chi connectivity index (χ3v) is 5.06. The topological polar surface area (TPSA) is 80.5 Å². The Bertz CT molecular complexity index is 571. The van der Waals surface area contributed by atoms with Crippen LogP contribution in [0.5, 0.6) is 0 Å². The Hall–Kier alpha value is -1.47. The second-order valence-corrected chi connectivity index (χ2v) is 6.90. The average Bonchev–Trinajstić information content (AvgIpc) is 3.32. The molecule has 0 aromatic carbocycles. The average molecular weight is 320 g/mol. The molecule has 0 spiro atoms. The van der Waals surface area contributed by atoms with Crippen LogP contribution in [-0.2, 0) is 9.53 Å². The Balaban J connectivity index is 1.42. The third-order valence-electron chi connectivity index (χ3n) is 5.06. The molecule has 3 fully saturated rings. The van der Waals surface area contributed by atoms with Crippen molar-refractivity contribution >= 4 is 5.91 Å². The summed E-state index contributed by atoms with van der Waals surface area (Å²) in [6.45, 7) is 4.83. The molecular weight excluding hydrogens is 296 g/mol. The van der Waals surface area contributed by atoms with E-state index in [4.69, 9.17) is 9.26 Å². The maximum Gasteiger partial charge on any atom is 0.242 e. The van der Waals surface area contributed by atoms with E-state index in [1.165, 1.54) is 0 Å². The summed E-state index contributed by atoms with van der Waals surface area (Å²) < 4.78 is 11.0. The van der Waals surface area contributed by atoms with Gasteiger partial charge in [0.25, 0.3) is 0 Å². The van der Waals surface area contributed by atoms with Gasteiger partial charge in [-0.2, -0.15) is 4.98 Å². The Kier molecular flexibility index (Phi) is 4.07. The highest BCUT2D eigenvalue weighted by molar-refractivity contribution is 5.82. The van der Waals surface area contributed by atoms with Crippen molar-refractivity contribution in [3.8, 4) is 0 Å². The van der Waals surface area contributed by atoms with Crippen LogP contribution in [0.1, 0.15) is 56.2 Å². The Labute approximate surface area is 135 Å². The molecule has 7 heteroatoms. The van der Waals surface area contributed by atoms with E-state index in [0.29, 0.717) is 19.1 Å². The molecule has 126 valence electrons. The SMILES string of the molecule is C[C@H]1OCCN[C@@H]1C(=O)N1CCCC(c2noc(C3CC3)n2)C1. The van der Waals surface area contributed by atoms with Crippen LogP contribution >= 0.6 is 0 Å². The van der Waals surface area contributed by atoms with Gasteiger partial charge in [-0.1, -0.05) is 5.16 Å². The molecular formula is C16H24N4O3. The number of aromatic nitrogens is 2. The summed E-state index contributed by atoms with van der Waals surface area (Å²) in [5, 5.41) is 7.44. The lowest BCUT2D eigenvalue weighted by Crippen LogP contribution is -2.57. The number of rotatable bonds is 3. The van der Waals surface area contributed by atoms with Gasteiger partial charge in [0.05, 0.1) is 12.7 Å². The van der Waals surface area contributed by atoms with Crippen LogP contribution in [0, 0.1) is 0 Å². The van der Waals surface area contributed by atoms with Crippen LogP contribution in [0.3, 0.4) is 0 Å². The number of carbonyl (C=O) groups excluding carboxylic acids is 1. The van der Waals surface area contributed by atoms with Crippen LogP contribution < -0.4 is 5.32 Å². The molecule has 0 radical (unpaired) electrons. The standard InChI is InChI=1S/C16H24N4O3/c1-10-13(17-6-8-22-10)16(21)20-7-2-3-12(9-20)14-18-15(23-19-14)11-4-5-11/h10-13,17H,2-9H2,1H3/t10-,12?,13+/m1/s1. The van der Waals surface area contributed by atoms with Gasteiger partial charge in [0.15, 0.2) is 5.82 Å². The molecule has 2 aliphatic heterocycles. The van der Waals surface area contributed by atoms with Gasteiger partial charge >= 0.3 is 0 Å². The zero-order valence-corrected chi connectivity index (χ0v) is 13.5. The molecule has 23 heavy (non-hydrogen) atoms. The van der Waals surface area contributed by atoms with Crippen LogP contribution in [0.4, 0.5) is 0 Å². The first-order valence-corrected chi connectivity index (χ1v) is 8.69. The molecule has 1 saturated carbocycles. The Morgan fingerprint density at radius 3 is 2.96 bits per heavy atom. The molecule has 7 nitrogen and oxygen atoms in total. The van der Waals surface area contributed by atoms with E-state index in [1.54, 1.807) is 0 Å². The number of morpholine rings is 1. The minimum absolute atomic E-state index is 0.0803. The van der Waals surface area contributed by atoms with Crippen LogP contribution in [-0.4, -0.2) is 59.3 Å². The van der Waals surface area contributed by atoms with Crippen molar-refractivity contribution in [1.82, 2.24) is 20.4 Å². The number of likely N-dealkylation sites (tertiary alicyclic amines) is 1. The highest BCUT2D eigenvalue weighted by Crippen LogP contribution is 2.39. The van der Waals surface area contributed by atoms with Gasteiger partial charge < -0.3 is 19.5 Å². The van der Waals surface area contributed by atoms with Gasteiger partial charge in [-0.15, -0.1) is 0 Å². The summed E-state index contributed by atoms with van der Waals surface area (Å²) in [6, 6.07) is -0.241. The Morgan fingerprint density at radius 2 is 2.17 bits per heavy atom. The van der Waals surface area contributed by atoms with E-state index in [0.717, 1.165) is 50.5 Å². The molecule has 1 unspecified atom stereocenters. The van der Waals surface area contributed by atoms with Crippen molar-refractivity contribution in [1.29, 1.82) is 0 Å². The van der Waals surface area contributed by atoms with Crippen molar-refractivity contribution in [2.75, 3.05) is 26.2 Å². The fraction of sp³-hybridized carbons (Fsp3) is 0.812. The number of nitrogens with zero attached hydrogens (tertiary/aromatic N) is 3. The minimum Gasteiger partial charge on any atom is -0.375 e. The molecule has 0 bridgehead atoms. The molecule has 1 N–H and O–H groups in total. The Morgan fingerprint density at radius 1 is 1.30 bits per heavy atom. The van der Waals surface area contributed by atoms with E-state index in [1.807, 2.05) is 11.8 Å². The maximum absolute atomic E-state index is 12.8. The lowest BCUT2D eigenvalue weighted by Gasteiger charge is -2.37. The maximum atomic E-state index is 12.8. The first-order chi connectivity index (χ1) is 11.2. The molecule has 2 saturated heterocycles. The molecule has 3 aliphatic rings. The number of hydrogen-bond acceptors (Lipinski definition) is 6. The molecule has 3 atom stereocenters. The molecule has 1 aliphatic carbocycles. The zero-order chi connectivity index (χ0) is 15.8. The van der Waals surface area contributed by atoms with E-state index in [2.05, 4.69) is 15.5 Å². The normalized spacial score (nSPS) is 32.0. The lowest BCUT2D eigenvalue weighted by atomic mass is 9.96. The summed E-state index contributed by atoms with van der Waals surface area (Å²) in [6.07, 6.45) is 4.22. The predicted molar refractivity (Wildman–Crippen MR) is 82.0 cm³/mol. The van der Waals surface area contributed by atoms with Gasteiger partial charge in [-0.3, -0.25) is 4.79 Å². The second kappa shape index (κ2) is 6.20. The van der Waals surface area contributed by atoms with E-state index < -0.39 is 0 Å². The largest absolute Gasteiger partial charge is 0.375 e. The number of amides is 1. The summed E-state index contributed by atoms with van der Waals surface area (Å²) in [5.41, 5.74) is 0. The fourth-order valence-corrected chi connectivity index (χ4v) is 3.50. The van der Waals surface area contributed by atoms with Gasteiger partial charge in [-0.25, -0.2) is 0 Å². The van der Waals surface area contributed by atoms with E-state index in [-0.39, 0.29) is 24.0 Å². The molecule has 1 amide bonds. The molecule has 3 heterocycles. The number of carbonyl (C=O) groups is 1. The summed E-state index contributed by atoms with van der Waals surface area (Å²) in [5.74, 6) is 2.34. The van der Waals surface area contributed by atoms with Crippen LogP contribution in [0.25, 0.3) is 0 Å². The molecule has 1 aromatic rings. The first kappa shape index (κ1) is 15.1. The van der Waals surface area contributed by atoms with Crippen molar-refractivity contribution in [3.05, 3.63) is 11.7 Å². The quantitative estimate of drug-likeness (QED) is 0.896. The van der Waals surface area contributed by atoms with Crippen molar-refractivity contribution in [2.24, 2.45) is 0 Å². The number of hydrogen-bond donors (Lipinski definition) is 1. The molecule has 4 rings (SSSR count). The number of nitrogens with one attached hydrogen (secondary N) is 1. The van der Waals surface area contributed by atoms with Gasteiger partial charge in [0.2, 0.25) is 11.8 Å². The zero-order valence-electron chi connectivity index (χ0n) is 13.5. The molecule has 1 aromatic heterocycles. The van der Waals surface area contributed by atoms with Gasteiger partial charge in [-0.05, 0) is 32.6 Å².